The number of aliphatic hydroxyl groups excluding tert-OH is 1. The van der Waals surface area contributed by atoms with Crippen molar-refractivity contribution in [1.82, 2.24) is 0 Å². The van der Waals surface area contributed by atoms with Crippen LogP contribution in [-0.2, 0) is 19.3 Å². The fourth-order valence-electron chi connectivity index (χ4n) is 3.55. The molecule has 0 aliphatic carbocycles. The number of aliphatic hydroxyl groups is 1. The van der Waals surface area contributed by atoms with E-state index in [2.05, 4.69) is 17.0 Å². The highest BCUT2D eigenvalue weighted by atomic mass is 16.3. The van der Waals surface area contributed by atoms with E-state index in [1.807, 2.05) is 0 Å². The van der Waals surface area contributed by atoms with Crippen molar-refractivity contribution in [3.8, 4) is 0 Å². The van der Waals surface area contributed by atoms with Crippen LogP contribution in [0.25, 0.3) is 0 Å². The molecule has 2 aliphatic rings. The lowest BCUT2D eigenvalue weighted by Gasteiger charge is -2.37. The minimum absolute atomic E-state index is 0.190. The van der Waals surface area contributed by atoms with Crippen molar-refractivity contribution in [2.75, 3.05) is 31.1 Å². The third kappa shape index (κ3) is 2.49. The lowest BCUT2D eigenvalue weighted by Crippen LogP contribution is -2.34. The molecule has 0 amide bonds. The highest BCUT2D eigenvalue weighted by molar-refractivity contribution is 5.64. The van der Waals surface area contributed by atoms with Crippen LogP contribution in [0.3, 0.4) is 0 Å². The summed E-state index contributed by atoms with van der Waals surface area (Å²) in [5.74, 6) is 0.202. The minimum Gasteiger partial charge on any atom is -0.396 e. The smallest absolute Gasteiger partial charge is 0.0474 e. The molecule has 0 radical (unpaired) electrons. The van der Waals surface area contributed by atoms with Gasteiger partial charge in [0.15, 0.2) is 0 Å². The van der Waals surface area contributed by atoms with Crippen molar-refractivity contribution < 1.29 is 5.11 Å². The quantitative estimate of drug-likeness (QED) is 0.862. The predicted molar refractivity (Wildman–Crippen MR) is 78.6 cm³/mol. The molecule has 0 spiro atoms. The number of aryl methyl sites for hydroxylation is 2. The number of hydrogen-bond acceptors (Lipinski definition) is 3. The molecule has 0 saturated heterocycles. The molecule has 1 atom stereocenters. The Labute approximate surface area is 115 Å². The molecule has 0 aromatic heterocycles. The van der Waals surface area contributed by atoms with Crippen LogP contribution in [-0.4, -0.2) is 31.3 Å². The summed E-state index contributed by atoms with van der Waals surface area (Å²) in [5.41, 5.74) is 11.6. The fraction of sp³-hybridized carbons (Fsp3) is 0.625. The zero-order valence-electron chi connectivity index (χ0n) is 11.6. The van der Waals surface area contributed by atoms with Gasteiger partial charge in [0, 0.05) is 25.4 Å². The van der Waals surface area contributed by atoms with Gasteiger partial charge in [-0.15, -0.1) is 0 Å². The second-order valence-corrected chi connectivity index (χ2v) is 5.95. The first-order valence-corrected chi connectivity index (χ1v) is 7.52. The third-order valence-electron chi connectivity index (χ3n) is 4.51. The van der Waals surface area contributed by atoms with E-state index in [0.717, 1.165) is 6.42 Å². The van der Waals surface area contributed by atoms with Gasteiger partial charge in [0.2, 0.25) is 0 Å². The summed E-state index contributed by atoms with van der Waals surface area (Å²) in [4.78, 5) is 2.56. The number of anilines is 1. The molecule has 19 heavy (non-hydrogen) atoms. The first-order valence-electron chi connectivity index (χ1n) is 7.52. The Kier molecular flexibility index (Phi) is 3.76. The Hall–Kier alpha value is -1.06. The van der Waals surface area contributed by atoms with Crippen molar-refractivity contribution in [2.45, 2.75) is 32.1 Å². The predicted octanol–water partition coefficient (Wildman–Crippen LogP) is 1.50. The molecule has 1 aromatic rings. The second-order valence-electron chi connectivity index (χ2n) is 5.95. The van der Waals surface area contributed by atoms with Gasteiger partial charge in [0.25, 0.3) is 0 Å². The van der Waals surface area contributed by atoms with Crippen molar-refractivity contribution in [1.29, 1.82) is 0 Å². The fourth-order valence-corrected chi connectivity index (χ4v) is 3.55. The Morgan fingerprint density at radius 1 is 1.16 bits per heavy atom. The highest BCUT2D eigenvalue weighted by Gasteiger charge is 2.24. The van der Waals surface area contributed by atoms with Crippen LogP contribution in [0.2, 0.25) is 0 Å². The summed E-state index contributed by atoms with van der Waals surface area (Å²) in [6.07, 6.45) is 5.87. The molecule has 2 heterocycles. The lowest BCUT2D eigenvalue weighted by molar-refractivity contribution is 0.230. The molecule has 3 heteroatoms. The molecule has 0 bridgehead atoms. The summed E-state index contributed by atoms with van der Waals surface area (Å²) in [5, 5.41) is 9.32. The average molecular weight is 260 g/mol. The molecule has 1 aromatic carbocycles. The van der Waals surface area contributed by atoms with Crippen molar-refractivity contribution in [3.63, 3.8) is 0 Å². The molecular formula is C16H24N2O. The van der Waals surface area contributed by atoms with E-state index >= 15 is 0 Å². The van der Waals surface area contributed by atoms with E-state index in [1.54, 1.807) is 0 Å². The first kappa shape index (κ1) is 12.9. The molecule has 3 rings (SSSR count). The third-order valence-corrected chi connectivity index (χ3v) is 4.51. The molecule has 2 aliphatic heterocycles. The van der Waals surface area contributed by atoms with Gasteiger partial charge in [-0.3, -0.25) is 0 Å². The Bertz CT molecular complexity index is 423. The SMILES string of the molecule is NCC(CO)Cc1cc2c3c(c1)CCCN3CCC2. The molecule has 0 saturated carbocycles. The number of benzene rings is 1. The Morgan fingerprint density at radius 2 is 1.79 bits per heavy atom. The number of nitrogens with zero attached hydrogens (tertiary/aromatic N) is 1. The van der Waals surface area contributed by atoms with Crippen molar-refractivity contribution in [3.05, 3.63) is 28.8 Å². The van der Waals surface area contributed by atoms with Crippen LogP contribution in [0, 0.1) is 5.92 Å². The van der Waals surface area contributed by atoms with Crippen LogP contribution in [0.4, 0.5) is 5.69 Å². The Morgan fingerprint density at radius 3 is 2.32 bits per heavy atom. The second kappa shape index (κ2) is 5.51. The van der Waals surface area contributed by atoms with Gasteiger partial charge in [-0.25, -0.2) is 0 Å². The largest absolute Gasteiger partial charge is 0.396 e. The standard InChI is InChI=1S/C16H24N2O/c17-10-13(11-19)7-12-8-14-3-1-5-18-6-2-4-15(9-12)16(14)18/h8-9,13,19H,1-7,10-11,17H2. The topological polar surface area (TPSA) is 49.5 Å². The zero-order chi connectivity index (χ0) is 13.2. The van der Waals surface area contributed by atoms with E-state index in [9.17, 15) is 5.11 Å². The minimum atomic E-state index is 0.190. The Balaban J connectivity index is 1.92. The van der Waals surface area contributed by atoms with E-state index in [0.29, 0.717) is 6.54 Å². The summed E-state index contributed by atoms with van der Waals surface area (Å²) in [6.45, 7) is 3.20. The summed E-state index contributed by atoms with van der Waals surface area (Å²) < 4.78 is 0. The van der Waals surface area contributed by atoms with Crippen molar-refractivity contribution >= 4 is 5.69 Å². The van der Waals surface area contributed by atoms with Crippen molar-refractivity contribution in [2.24, 2.45) is 11.7 Å². The van der Waals surface area contributed by atoms with Gasteiger partial charge in [-0.05, 0) is 61.3 Å². The van der Waals surface area contributed by atoms with Gasteiger partial charge in [-0.1, -0.05) is 12.1 Å². The number of rotatable bonds is 4. The maximum absolute atomic E-state index is 9.32. The normalized spacial score (nSPS) is 19.2. The molecular weight excluding hydrogens is 236 g/mol. The van der Waals surface area contributed by atoms with Gasteiger partial charge < -0.3 is 15.7 Å². The molecule has 1 unspecified atom stereocenters. The van der Waals surface area contributed by atoms with Gasteiger partial charge in [0.1, 0.15) is 0 Å². The van der Waals surface area contributed by atoms with E-state index < -0.39 is 0 Å². The molecule has 3 N–H and O–H groups in total. The summed E-state index contributed by atoms with van der Waals surface area (Å²) in [7, 11) is 0. The summed E-state index contributed by atoms with van der Waals surface area (Å²) >= 11 is 0. The number of nitrogens with two attached hydrogens (primary N) is 1. The van der Waals surface area contributed by atoms with E-state index in [4.69, 9.17) is 5.73 Å². The van der Waals surface area contributed by atoms with Crippen LogP contribution in [0.15, 0.2) is 12.1 Å². The lowest BCUT2D eigenvalue weighted by atomic mass is 9.88. The molecule has 104 valence electrons. The van der Waals surface area contributed by atoms with E-state index in [1.165, 1.54) is 61.2 Å². The zero-order valence-corrected chi connectivity index (χ0v) is 11.6. The van der Waals surface area contributed by atoms with E-state index in [-0.39, 0.29) is 12.5 Å². The molecule has 0 fully saturated rings. The monoisotopic (exact) mass is 260 g/mol. The van der Waals surface area contributed by atoms with Gasteiger partial charge in [0.05, 0.1) is 0 Å². The van der Waals surface area contributed by atoms with Crippen LogP contribution in [0.1, 0.15) is 29.5 Å². The van der Waals surface area contributed by atoms with Gasteiger partial charge >= 0.3 is 0 Å². The van der Waals surface area contributed by atoms with Gasteiger partial charge in [-0.2, -0.15) is 0 Å². The summed E-state index contributed by atoms with van der Waals surface area (Å²) in [6, 6.07) is 4.71. The number of hydrogen-bond donors (Lipinski definition) is 2. The first-order chi connectivity index (χ1) is 9.31. The highest BCUT2D eigenvalue weighted by Crippen LogP contribution is 2.36. The van der Waals surface area contributed by atoms with Crippen LogP contribution < -0.4 is 10.6 Å². The average Bonchev–Trinajstić information content (AvgIpc) is 2.45. The van der Waals surface area contributed by atoms with Crippen LogP contribution >= 0.6 is 0 Å². The van der Waals surface area contributed by atoms with Crippen LogP contribution in [0.5, 0.6) is 0 Å². The molecule has 3 nitrogen and oxygen atoms in total. The maximum atomic E-state index is 9.32. The maximum Gasteiger partial charge on any atom is 0.0474 e.